The molecule has 2 aromatic rings. The summed E-state index contributed by atoms with van der Waals surface area (Å²) in [5.74, 6) is 0.0823. The molecule has 0 aliphatic heterocycles. The van der Waals surface area contributed by atoms with E-state index in [0.29, 0.717) is 31.1 Å². The monoisotopic (exact) mass is 345 g/mol. The van der Waals surface area contributed by atoms with Crippen LogP contribution >= 0.6 is 23.7 Å². The molecule has 0 unspecified atom stereocenters. The van der Waals surface area contributed by atoms with Gasteiger partial charge in [-0.1, -0.05) is 0 Å². The Kier molecular flexibility index (Phi) is 7.23. The van der Waals surface area contributed by atoms with Gasteiger partial charge >= 0.3 is 0 Å². The molecule has 1 aromatic heterocycles. The third kappa shape index (κ3) is 4.94. The maximum absolute atomic E-state index is 12.7. The average molecular weight is 346 g/mol. The van der Waals surface area contributed by atoms with E-state index >= 15 is 0 Å². The first kappa shape index (κ1) is 18.3. The van der Waals surface area contributed by atoms with Crippen LogP contribution in [0.3, 0.4) is 0 Å². The van der Waals surface area contributed by atoms with Crippen LogP contribution in [0.5, 0.6) is 5.75 Å². The first-order valence-electron chi connectivity index (χ1n) is 6.38. The van der Waals surface area contributed by atoms with Gasteiger partial charge in [0.05, 0.1) is 6.54 Å². The number of likely N-dealkylation sites (N-methyl/N-ethyl adjacent to an activating group) is 1. The lowest BCUT2D eigenvalue weighted by atomic mass is 10.3. The van der Waals surface area contributed by atoms with Crippen LogP contribution in [0.4, 0.5) is 4.39 Å². The van der Waals surface area contributed by atoms with Crippen LogP contribution in [0, 0.1) is 5.82 Å². The van der Waals surface area contributed by atoms with Crippen LogP contribution < -0.4 is 10.5 Å². The number of carbonyl (C=O) groups is 1. The molecule has 1 heterocycles. The van der Waals surface area contributed by atoms with E-state index in [0.717, 1.165) is 5.01 Å². The van der Waals surface area contributed by atoms with E-state index < -0.39 is 0 Å². The standard InChI is InChI=1S/C14H16FN3O2S.ClH/c1-18(14(19)12-9-21-13(8-16)17-12)6-7-20-11-4-2-10(15)3-5-11;/h2-5,9H,6-8,16H2,1H3;1H. The molecular weight excluding hydrogens is 329 g/mol. The number of benzene rings is 1. The maximum Gasteiger partial charge on any atom is 0.273 e. The maximum atomic E-state index is 12.7. The summed E-state index contributed by atoms with van der Waals surface area (Å²) < 4.78 is 18.2. The number of ether oxygens (including phenoxy) is 1. The van der Waals surface area contributed by atoms with Gasteiger partial charge in [-0.05, 0) is 24.3 Å². The molecule has 8 heteroatoms. The Hall–Kier alpha value is -1.70. The zero-order valence-electron chi connectivity index (χ0n) is 12.0. The second-order valence-corrected chi connectivity index (χ2v) is 5.30. The number of nitrogens with zero attached hydrogens (tertiary/aromatic N) is 2. The van der Waals surface area contributed by atoms with Crippen LogP contribution in [0.1, 0.15) is 15.5 Å². The second-order valence-electron chi connectivity index (χ2n) is 4.36. The Balaban J connectivity index is 0.00000242. The van der Waals surface area contributed by atoms with Crippen molar-refractivity contribution < 1.29 is 13.9 Å². The minimum Gasteiger partial charge on any atom is -0.492 e. The largest absolute Gasteiger partial charge is 0.492 e. The average Bonchev–Trinajstić information content (AvgIpc) is 2.97. The Labute approximate surface area is 138 Å². The molecule has 0 spiro atoms. The molecule has 1 amide bonds. The van der Waals surface area contributed by atoms with Crippen molar-refractivity contribution in [1.29, 1.82) is 0 Å². The number of hydrogen-bond donors (Lipinski definition) is 1. The van der Waals surface area contributed by atoms with Crippen molar-refractivity contribution >= 4 is 29.7 Å². The normalized spacial score (nSPS) is 9.95. The van der Waals surface area contributed by atoms with Crippen LogP contribution in [0.2, 0.25) is 0 Å². The topological polar surface area (TPSA) is 68.5 Å². The predicted molar refractivity (Wildman–Crippen MR) is 86.1 cm³/mol. The molecule has 0 aliphatic carbocycles. The van der Waals surface area contributed by atoms with Crippen molar-refractivity contribution in [3.8, 4) is 5.75 Å². The molecular formula is C14H17ClFN3O2S. The van der Waals surface area contributed by atoms with Gasteiger partial charge in [0.25, 0.3) is 5.91 Å². The number of thiazole rings is 1. The minimum absolute atomic E-state index is 0. The Bertz CT molecular complexity index is 606. The summed E-state index contributed by atoms with van der Waals surface area (Å²) in [4.78, 5) is 17.8. The summed E-state index contributed by atoms with van der Waals surface area (Å²) in [6.07, 6.45) is 0. The van der Waals surface area contributed by atoms with Gasteiger partial charge in [-0.15, -0.1) is 23.7 Å². The van der Waals surface area contributed by atoms with Gasteiger partial charge in [0.2, 0.25) is 0 Å². The third-order valence-corrected chi connectivity index (χ3v) is 3.67. The van der Waals surface area contributed by atoms with E-state index in [1.165, 1.54) is 28.4 Å². The van der Waals surface area contributed by atoms with Gasteiger partial charge in [-0.2, -0.15) is 0 Å². The first-order chi connectivity index (χ1) is 10.1. The zero-order chi connectivity index (χ0) is 15.2. The molecule has 2 rings (SSSR count). The summed E-state index contributed by atoms with van der Waals surface area (Å²) in [7, 11) is 1.68. The van der Waals surface area contributed by atoms with Gasteiger partial charge in [0, 0.05) is 19.0 Å². The first-order valence-corrected chi connectivity index (χ1v) is 7.26. The van der Waals surface area contributed by atoms with E-state index in [2.05, 4.69) is 4.98 Å². The molecule has 0 bridgehead atoms. The molecule has 0 saturated heterocycles. The van der Waals surface area contributed by atoms with E-state index in [1.54, 1.807) is 24.6 Å². The van der Waals surface area contributed by atoms with Crippen LogP contribution in [-0.4, -0.2) is 36.0 Å². The van der Waals surface area contributed by atoms with E-state index in [-0.39, 0.29) is 24.1 Å². The van der Waals surface area contributed by atoms with Gasteiger partial charge in [0.15, 0.2) is 0 Å². The lowest BCUT2D eigenvalue weighted by molar-refractivity contribution is 0.0768. The quantitative estimate of drug-likeness (QED) is 0.872. The number of carbonyl (C=O) groups excluding carboxylic acids is 1. The highest BCUT2D eigenvalue weighted by molar-refractivity contribution is 7.09. The molecule has 1 aromatic carbocycles. The molecule has 0 fully saturated rings. The minimum atomic E-state index is -0.311. The molecule has 22 heavy (non-hydrogen) atoms. The van der Waals surface area contributed by atoms with Crippen LogP contribution in [0.25, 0.3) is 0 Å². The SMILES string of the molecule is CN(CCOc1ccc(F)cc1)C(=O)c1csc(CN)n1.Cl. The molecule has 5 nitrogen and oxygen atoms in total. The van der Waals surface area contributed by atoms with Crippen molar-refractivity contribution in [2.45, 2.75) is 6.54 Å². The number of hydrogen-bond acceptors (Lipinski definition) is 5. The van der Waals surface area contributed by atoms with Crippen molar-refractivity contribution in [3.05, 3.63) is 46.2 Å². The molecule has 0 atom stereocenters. The fourth-order valence-electron chi connectivity index (χ4n) is 1.63. The van der Waals surface area contributed by atoms with Gasteiger partial charge in [-0.25, -0.2) is 9.37 Å². The van der Waals surface area contributed by atoms with E-state index in [4.69, 9.17) is 10.5 Å². The van der Waals surface area contributed by atoms with Gasteiger partial charge in [-0.3, -0.25) is 4.79 Å². The number of nitrogens with two attached hydrogens (primary N) is 1. The highest BCUT2D eigenvalue weighted by Gasteiger charge is 2.15. The van der Waals surface area contributed by atoms with Gasteiger partial charge < -0.3 is 15.4 Å². The smallest absolute Gasteiger partial charge is 0.273 e. The Morgan fingerprint density at radius 3 is 2.68 bits per heavy atom. The third-order valence-electron chi connectivity index (χ3n) is 2.80. The summed E-state index contributed by atoms with van der Waals surface area (Å²) in [5.41, 5.74) is 5.86. The summed E-state index contributed by atoms with van der Waals surface area (Å²) in [6.45, 7) is 1.06. The van der Waals surface area contributed by atoms with Crippen molar-refractivity contribution in [2.75, 3.05) is 20.2 Å². The van der Waals surface area contributed by atoms with Crippen molar-refractivity contribution in [2.24, 2.45) is 5.73 Å². The summed E-state index contributed by atoms with van der Waals surface area (Å²) >= 11 is 1.37. The van der Waals surface area contributed by atoms with Crippen LogP contribution in [0.15, 0.2) is 29.6 Å². The fourth-order valence-corrected chi connectivity index (χ4v) is 2.28. The number of rotatable bonds is 6. The lowest BCUT2D eigenvalue weighted by Crippen LogP contribution is -2.31. The lowest BCUT2D eigenvalue weighted by Gasteiger charge is -2.16. The molecule has 2 N–H and O–H groups in total. The van der Waals surface area contributed by atoms with E-state index in [1.807, 2.05) is 0 Å². The summed E-state index contributed by atoms with van der Waals surface area (Å²) in [6, 6.07) is 5.75. The molecule has 0 radical (unpaired) electrons. The Morgan fingerprint density at radius 2 is 2.09 bits per heavy atom. The summed E-state index contributed by atoms with van der Waals surface area (Å²) in [5, 5.41) is 2.43. The fraction of sp³-hybridized carbons (Fsp3) is 0.286. The predicted octanol–water partition coefficient (Wildman–Crippen LogP) is 2.31. The highest BCUT2D eigenvalue weighted by Crippen LogP contribution is 2.12. The number of halogens is 2. The van der Waals surface area contributed by atoms with Gasteiger partial charge in [0.1, 0.15) is 28.9 Å². The van der Waals surface area contributed by atoms with Crippen molar-refractivity contribution in [1.82, 2.24) is 9.88 Å². The molecule has 0 aliphatic rings. The molecule has 120 valence electrons. The molecule has 0 saturated carbocycles. The number of amides is 1. The zero-order valence-corrected chi connectivity index (χ0v) is 13.6. The number of aromatic nitrogens is 1. The van der Waals surface area contributed by atoms with E-state index in [9.17, 15) is 9.18 Å². The van der Waals surface area contributed by atoms with Crippen LogP contribution in [-0.2, 0) is 6.54 Å². The second kappa shape index (κ2) is 8.67. The highest BCUT2D eigenvalue weighted by atomic mass is 35.5. The Morgan fingerprint density at radius 1 is 1.41 bits per heavy atom. The van der Waals surface area contributed by atoms with Crippen molar-refractivity contribution in [3.63, 3.8) is 0 Å².